The number of hydrogen-bond acceptors (Lipinski definition) is 3. The van der Waals surface area contributed by atoms with E-state index in [1.807, 2.05) is 0 Å². The average Bonchev–Trinajstić information content (AvgIpc) is 1.99. The molecule has 84 valence electrons. The van der Waals surface area contributed by atoms with E-state index in [1.54, 1.807) is 0 Å². The van der Waals surface area contributed by atoms with Crippen LogP contribution in [0.2, 0.25) is 0 Å². The highest BCUT2D eigenvalue weighted by molar-refractivity contribution is 7.77. The van der Waals surface area contributed by atoms with Crippen molar-refractivity contribution in [2.45, 2.75) is 0 Å². The maximum Gasteiger partial charge on any atom is 0.335 e. The molecule has 1 unspecified atom stereocenters. The molecule has 0 spiro atoms. The molecule has 0 saturated carbocycles. The first kappa shape index (κ1) is 12.4. The summed E-state index contributed by atoms with van der Waals surface area (Å²) in [6.07, 6.45) is 0. The minimum Gasteiger partial charge on any atom is -0.399 e. The SMILES string of the molecule is Nc1cccc(P(=O)(O)CP(=O)(O)O)c1. The van der Waals surface area contributed by atoms with Gasteiger partial charge in [0.25, 0.3) is 0 Å². The van der Waals surface area contributed by atoms with E-state index in [-0.39, 0.29) is 11.0 Å². The third kappa shape index (κ3) is 3.78. The van der Waals surface area contributed by atoms with Crippen LogP contribution in [0.15, 0.2) is 24.3 Å². The molecule has 0 fully saturated rings. The molecule has 0 heterocycles. The second-order valence-electron chi connectivity index (χ2n) is 3.10. The lowest BCUT2D eigenvalue weighted by molar-refractivity contribution is 0.376. The van der Waals surface area contributed by atoms with Crippen molar-refractivity contribution in [3.63, 3.8) is 0 Å². The zero-order valence-corrected chi connectivity index (χ0v) is 9.44. The van der Waals surface area contributed by atoms with Crippen LogP contribution < -0.4 is 11.0 Å². The van der Waals surface area contributed by atoms with Crippen molar-refractivity contribution in [1.82, 2.24) is 0 Å². The van der Waals surface area contributed by atoms with Crippen molar-refractivity contribution in [1.29, 1.82) is 0 Å². The quantitative estimate of drug-likeness (QED) is 0.453. The number of benzene rings is 1. The molecule has 1 aromatic rings. The Labute approximate surface area is 86.4 Å². The molecule has 15 heavy (non-hydrogen) atoms. The van der Waals surface area contributed by atoms with Crippen molar-refractivity contribution >= 4 is 26.0 Å². The zero-order chi connectivity index (χ0) is 11.7. The molecule has 0 aliphatic heterocycles. The first-order chi connectivity index (χ1) is 6.71. The van der Waals surface area contributed by atoms with Crippen LogP contribution in [0.25, 0.3) is 0 Å². The highest BCUT2D eigenvalue weighted by Crippen LogP contribution is 2.53. The molecule has 5 N–H and O–H groups in total. The minimum absolute atomic E-state index is 0.0502. The highest BCUT2D eigenvalue weighted by Gasteiger charge is 2.31. The van der Waals surface area contributed by atoms with Crippen LogP contribution in [0, 0.1) is 0 Å². The van der Waals surface area contributed by atoms with Gasteiger partial charge in [-0.3, -0.25) is 9.13 Å². The van der Waals surface area contributed by atoms with E-state index in [9.17, 15) is 14.0 Å². The molecule has 0 saturated heterocycles. The van der Waals surface area contributed by atoms with Crippen molar-refractivity contribution in [3.8, 4) is 0 Å². The summed E-state index contributed by atoms with van der Waals surface area (Å²) in [5, 5.41) is -0.0502. The third-order valence-corrected chi connectivity index (χ3v) is 5.74. The number of anilines is 1. The Hall–Kier alpha value is -0.640. The van der Waals surface area contributed by atoms with Crippen LogP contribution in [-0.2, 0) is 9.13 Å². The molecule has 0 radical (unpaired) electrons. The summed E-state index contributed by atoms with van der Waals surface area (Å²) in [6, 6.07) is 5.51. The topological polar surface area (TPSA) is 121 Å². The summed E-state index contributed by atoms with van der Waals surface area (Å²) in [5.41, 5.74) is 5.66. The molecule has 1 rings (SSSR count). The van der Waals surface area contributed by atoms with Crippen molar-refractivity contribution in [3.05, 3.63) is 24.3 Å². The predicted molar refractivity (Wildman–Crippen MR) is 57.2 cm³/mol. The van der Waals surface area contributed by atoms with Gasteiger partial charge < -0.3 is 20.4 Å². The van der Waals surface area contributed by atoms with Gasteiger partial charge in [-0.15, -0.1) is 0 Å². The molecule has 0 bridgehead atoms. The minimum atomic E-state index is -4.52. The lowest BCUT2D eigenvalue weighted by Crippen LogP contribution is -2.08. The van der Waals surface area contributed by atoms with Gasteiger partial charge in [-0.25, -0.2) is 0 Å². The summed E-state index contributed by atoms with van der Waals surface area (Å²) in [7, 11) is -8.56. The normalized spacial score (nSPS) is 15.9. The van der Waals surface area contributed by atoms with Crippen molar-refractivity contribution < 1.29 is 23.8 Å². The maximum absolute atomic E-state index is 11.6. The van der Waals surface area contributed by atoms with Crippen molar-refractivity contribution in [2.75, 3.05) is 11.6 Å². The van der Waals surface area contributed by atoms with Crippen molar-refractivity contribution in [2.24, 2.45) is 0 Å². The van der Waals surface area contributed by atoms with Gasteiger partial charge >= 0.3 is 7.60 Å². The smallest absolute Gasteiger partial charge is 0.335 e. The Morgan fingerprint density at radius 1 is 1.20 bits per heavy atom. The Morgan fingerprint density at radius 3 is 2.27 bits per heavy atom. The van der Waals surface area contributed by atoms with E-state index in [0.717, 1.165) is 0 Å². The fraction of sp³-hybridized carbons (Fsp3) is 0.143. The van der Waals surface area contributed by atoms with Gasteiger partial charge in [0.15, 0.2) is 0 Å². The highest BCUT2D eigenvalue weighted by atomic mass is 31.2. The summed E-state index contributed by atoms with van der Waals surface area (Å²) in [4.78, 5) is 26.7. The average molecular weight is 251 g/mol. The van der Waals surface area contributed by atoms with Crippen LogP contribution in [0.4, 0.5) is 5.69 Å². The molecular formula is C7H11NO5P2. The molecule has 1 atom stereocenters. The van der Waals surface area contributed by atoms with E-state index < -0.39 is 20.9 Å². The summed E-state index contributed by atoms with van der Waals surface area (Å²) >= 11 is 0. The maximum atomic E-state index is 11.6. The molecule has 0 aliphatic carbocycles. The number of rotatable bonds is 3. The Balaban J connectivity index is 3.07. The largest absolute Gasteiger partial charge is 0.399 e. The number of hydrogen-bond donors (Lipinski definition) is 4. The fourth-order valence-electron chi connectivity index (χ4n) is 1.07. The van der Waals surface area contributed by atoms with Crippen LogP contribution in [0.5, 0.6) is 0 Å². The second kappa shape index (κ2) is 4.08. The summed E-state index contributed by atoms with van der Waals surface area (Å²) in [6.45, 7) is 0. The standard InChI is InChI=1S/C7H11NO5P2/c8-6-2-1-3-7(4-6)14(9,10)5-15(11,12)13/h1-4H,5,8H2,(H,9,10)(H2,11,12,13). The van der Waals surface area contributed by atoms with Gasteiger partial charge in [-0.1, -0.05) is 6.07 Å². The second-order valence-corrected chi connectivity index (χ2v) is 7.48. The van der Waals surface area contributed by atoms with Gasteiger partial charge in [0, 0.05) is 11.0 Å². The molecule has 0 aliphatic rings. The van der Waals surface area contributed by atoms with Crippen LogP contribution in [-0.4, -0.2) is 20.6 Å². The number of nitrogens with two attached hydrogens (primary N) is 1. The summed E-state index contributed by atoms with van der Waals surface area (Å²) in [5.74, 6) is -1.07. The van der Waals surface area contributed by atoms with Crippen LogP contribution in [0.3, 0.4) is 0 Å². The molecule has 8 heteroatoms. The number of nitrogen functional groups attached to an aromatic ring is 1. The van der Waals surface area contributed by atoms with Gasteiger partial charge in [-0.05, 0) is 18.2 Å². The zero-order valence-electron chi connectivity index (χ0n) is 7.65. The van der Waals surface area contributed by atoms with E-state index in [2.05, 4.69) is 0 Å². The van der Waals surface area contributed by atoms with E-state index >= 15 is 0 Å². The Kier molecular flexibility index (Phi) is 3.38. The molecular weight excluding hydrogens is 240 g/mol. The Morgan fingerprint density at radius 2 is 1.80 bits per heavy atom. The van der Waals surface area contributed by atoms with E-state index in [0.29, 0.717) is 0 Å². The van der Waals surface area contributed by atoms with Crippen LogP contribution >= 0.6 is 15.0 Å². The molecule has 1 aromatic carbocycles. The predicted octanol–water partition coefficient (Wildman–Crippen LogP) is 0.300. The molecule has 6 nitrogen and oxygen atoms in total. The van der Waals surface area contributed by atoms with Gasteiger partial charge in [0.1, 0.15) is 5.90 Å². The molecule has 0 aromatic heterocycles. The fourth-order valence-corrected chi connectivity index (χ4v) is 4.39. The van der Waals surface area contributed by atoms with E-state index in [1.165, 1.54) is 24.3 Å². The summed E-state index contributed by atoms with van der Waals surface area (Å²) < 4.78 is 22.2. The lowest BCUT2D eigenvalue weighted by atomic mass is 10.3. The van der Waals surface area contributed by atoms with E-state index in [4.69, 9.17) is 15.5 Å². The monoisotopic (exact) mass is 251 g/mol. The Bertz CT molecular complexity index is 454. The van der Waals surface area contributed by atoms with Crippen LogP contribution in [0.1, 0.15) is 0 Å². The first-order valence-corrected chi connectivity index (χ1v) is 7.57. The van der Waals surface area contributed by atoms with Gasteiger partial charge in [0.05, 0.1) is 0 Å². The van der Waals surface area contributed by atoms with Gasteiger partial charge in [-0.2, -0.15) is 0 Å². The first-order valence-electron chi connectivity index (χ1n) is 3.93. The lowest BCUT2D eigenvalue weighted by Gasteiger charge is -2.12. The third-order valence-electron chi connectivity index (χ3n) is 1.65. The van der Waals surface area contributed by atoms with Gasteiger partial charge in [0.2, 0.25) is 7.37 Å². The molecule has 0 amide bonds.